The zero-order valence-electron chi connectivity index (χ0n) is 8.94. The molecular weight excluding hydrogens is 216 g/mol. The van der Waals surface area contributed by atoms with Crippen LogP contribution < -0.4 is 0 Å². The number of aliphatic imine (C=N–C) groups is 1. The summed E-state index contributed by atoms with van der Waals surface area (Å²) in [7, 11) is 0. The van der Waals surface area contributed by atoms with E-state index in [1.165, 1.54) is 0 Å². The Morgan fingerprint density at radius 3 is 2.64 bits per heavy atom. The van der Waals surface area contributed by atoms with E-state index < -0.39 is 0 Å². The van der Waals surface area contributed by atoms with E-state index in [2.05, 4.69) is 37.8 Å². The van der Waals surface area contributed by atoms with Crippen LogP contribution in [0.25, 0.3) is 0 Å². The minimum absolute atomic E-state index is 0.0308. The Morgan fingerprint density at radius 2 is 2.14 bits per heavy atom. The molecule has 14 heavy (non-hydrogen) atoms. The van der Waals surface area contributed by atoms with Crippen molar-refractivity contribution in [3.8, 4) is 0 Å². The van der Waals surface area contributed by atoms with Crippen molar-refractivity contribution < 1.29 is 5.21 Å². The predicted octanol–water partition coefficient (Wildman–Crippen LogP) is 2.84. The van der Waals surface area contributed by atoms with E-state index in [4.69, 9.17) is 5.21 Å². The second-order valence-corrected chi connectivity index (χ2v) is 7.24. The molecule has 1 saturated heterocycles. The molecule has 1 rings (SSSR count). The highest BCUT2D eigenvalue weighted by Gasteiger charge is 2.34. The third-order valence-electron chi connectivity index (χ3n) is 1.56. The largest absolute Gasteiger partial charge is 0.411 e. The van der Waals surface area contributed by atoms with Crippen LogP contribution in [0.5, 0.6) is 0 Å². The van der Waals surface area contributed by atoms with Crippen LogP contribution in [-0.2, 0) is 0 Å². The molecule has 0 bridgehead atoms. The van der Waals surface area contributed by atoms with Gasteiger partial charge in [0.15, 0.2) is 0 Å². The quantitative estimate of drug-likeness (QED) is 0.429. The van der Waals surface area contributed by atoms with Gasteiger partial charge in [-0.2, -0.15) is 0 Å². The number of hydrogen-bond acceptors (Lipinski definition) is 5. The van der Waals surface area contributed by atoms with E-state index in [0.29, 0.717) is 0 Å². The molecule has 1 fully saturated rings. The Morgan fingerprint density at radius 1 is 1.50 bits per heavy atom. The third kappa shape index (κ3) is 3.53. The Bertz CT molecular complexity index is 270. The standard InChI is InChI=1S/C9H16N2OS2/c1-8(2,3)11-7-13-6-9(4,14-7)5-10-12/h5,12H,6H2,1-4H3. The molecule has 0 saturated carbocycles. The van der Waals surface area contributed by atoms with Gasteiger partial charge in [-0.05, 0) is 27.7 Å². The predicted molar refractivity (Wildman–Crippen MR) is 65.9 cm³/mol. The summed E-state index contributed by atoms with van der Waals surface area (Å²) in [6, 6.07) is 0. The fourth-order valence-electron chi connectivity index (χ4n) is 0.978. The van der Waals surface area contributed by atoms with E-state index in [1.807, 2.05) is 0 Å². The number of nitrogens with zero attached hydrogens (tertiary/aromatic N) is 2. The Balaban J connectivity index is 2.70. The maximum absolute atomic E-state index is 8.52. The van der Waals surface area contributed by atoms with Crippen molar-refractivity contribution in [2.24, 2.45) is 10.1 Å². The number of thioether (sulfide) groups is 2. The molecule has 1 aliphatic heterocycles. The maximum Gasteiger partial charge on any atom is 0.126 e. The summed E-state index contributed by atoms with van der Waals surface area (Å²) >= 11 is 3.39. The zero-order valence-corrected chi connectivity index (χ0v) is 10.6. The van der Waals surface area contributed by atoms with E-state index in [-0.39, 0.29) is 10.3 Å². The molecule has 80 valence electrons. The van der Waals surface area contributed by atoms with Crippen molar-refractivity contribution >= 4 is 34.1 Å². The fraction of sp³-hybridized carbons (Fsp3) is 0.778. The molecule has 1 heterocycles. The lowest BCUT2D eigenvalue weighted by Gasteiger charge is -2.14. The van der Waals surface area contributed by atoms with Gasteiger partial charge in [-0.15, -0.1) is 5.16 Å². The molecule has 1 N–H and O–H groups in total. The van der Waals surface area contributed by atoms with Crippen LogP contribution in [0.1, 0.15) is 27.7 Å². The van der Waals surface area contributed by atoms with Crippen LogP contribution in [0.2, 0.25) is 0 Å². The smallest absolute Gasteiger partial charge is 0.126 e. The molecular formula is C9H16N2OS2. The molecule has 0 aromatic carbocycles. The van der Waals surface area contributed by atoms with Gasteiger partial charge in [0.1, 0.15) is 4.38 Å². The highest BCUT2D eigenvalue weighted by Crippen LogP contribution is 2.41. The van der Waals surface area contributed by atoms with Crippen LogP contribution in [0.15, 0.2) is 10.1 Å². The normalized spacial score (nSPS) is 31.9. The maximum atomic E-state index is 8.52. The first-order chi connectivity index (χ1) is 6.35. The average molecular weight is 232 g/mol. The zero-order chi connectivity index (χ0) is 10.8. The molecule has 0 spiro atoms. The van der Waals surface area contributed by atoms with Crippen LogP contribution in [0.3, 0.4) is 0 Å². The lowest BCUT2D eigenvalue weighted by molar-refractivity contribution is 0.320. The Hall–Kier alpha value is -0.160. The lowest BCUT2D eigenvalue weighted by atomic mass is 10.1. The first-order valence-electron chi connectivity index (χ1n) is 4.45. The highest BCUT2D eigenvalue weighted by atomic mass is 32.2. The monoisotopic (exact) mass is 232 g/mol. The molecule has 3 nitrogen and oxygen atoms in total. The molecule has 0 aliphatic carbocycles. The Labute approximate surface area is 93.4 Å². The van der Waals surface area contributed by atoms with Gasteiger partial charge in [0.2, 0.25) is 0 Å². The molecule has 0 radical (unpaired) electrons. The summed E-state index contributed by atoms with van der Waals surface area (Å²) in [5.41, 5.74) is -0.0308. The van der Waals surface area contributed by atoms with Gasteiger partial charge in [0.25, 0.3) is 0 Å². The molecule has 1 atom stereocenters. The van der Waals surface area contributed by atoms with Gasteiger partial charge >= 0.3 is 0 Å². The van der Waals surface area contributed by atoms with Crippen molar-refractivity contribution in [1.29, 1.82) is 0 Å². The van der Waals surface area contributed by atoms with E-state index in [0.717, 1.165) is 10.1 Å². The van der Waals surface area contributed by atoms with Gasteiger partial charge in [0, 0.05) is 5.75 Å². The average Bonchev–Trinajstić information content (AvgIpc) is 2.29. The van der Waals surface area contributed by atoms with Crippen molar-refractivity contribution in [3.63, 3.8) is 0 Å². The molecule has 1 aliphatic rings. The number of hydrogen-bond donors (Lipinski definition) is 1. The van der Waals surface area contributed by atoms with Crippen LogP contribution >= 0.6 is 23.5 Å². The van der Waals surface area contributed by atoms with Gasteiger partial charge in [0.05, 0.1) is 16.5 Å². The highest BCUT2D eigenvalue weighted by molar-refractivity contribution is 8.42. The first-order valence-corrected chi connectivity index (χ1v) is 6.25. The molecule has 0 aromatic rings. The van der Waals surface area contributed by atoms with Crippen LogP contribution in [-0.4, -0.2) is 31.8 Å². The molecule has 5 heteroatoms. The SMILES string of the molecule is CC(C)(C)N=C1SCC(C)(C=NO)S1. The second-order valence-electron chi connectivity index (χ2n) is 4.50. The van der Waals surface area contributed by atoms with E-state index in [9.17, 15) is 0 Å². The van der Waals surface area contributed by atoms with Crippen LogP contribution in [0, 0.1) is 0 Å². The van der Waals surface area contributed by atoms with Crippen molar-refractivity contribution in [1.82, 2.24) is 0 Å². The summed E-state index contributed by atoms with van der Waals surface area (Å²) in [6.07, 6.45) is 1.58. The molecule has 0 aromatic heterocycles. The summed E-state index contributed by atoms with van der Waals surface area (Å²) in [5, 5.41) is 11.6. The van der Waals surface area contributed by atoms with E-state index >= 15 is 0 Å². The van der Waals surface area contributed by atoms with Gasteiger partial charge < -0.3 is 5.21 Å². The van der Waals surface area contributed by atoms with Gasteiger partial charge in [-0.1, -0.05) is 23.5 Å². The van der Waals surface area contributed by atoms with Crippen LogP contribution in [0.4, 0.5) is 0 Å². The van der Waals surface area contributed by atoms with Crippen molar-refractivity contribution in [2.75, 3.05) is 5.75 Å². The first kappa shape index (κ1) is 11.9. The summed E-state index contributed by atoms with van der Waals surface area (Å²) in [4.78, 5) is 4.59. The topological polar surface area (TPSA) is 45.0 Å². The lowest BCUT2D eigenvalue weighted by Crippen LogP contribution is -2.21. The molecule has 0 amide bonds. The van der Waals surface area contributed by atoms with E-state index in [1.54, 1.807) is 29.7 Å². The minimum Gasteiger partial charge on any atom is -0.411 e. The third-order valence-corrected chi connectivity index (χ3v) is 4.41. The fourth-order valence-corrected chi connectivity index (χ4v) is 4.02. The molecule has 1 unspecified atom stereocenters. The van der Waals surface area contributed by atoms with Gasteiger partial charge in [-0.3, -0.25) is 4.99 Å². The number of oxime groups is 1. The van der Waals surface area contributed by atoms with Gasteiger partial charge in [-0.25, -0.2) is 0 Å². The summed E-state index contributed by atoms with van der Waals surface area (Å²) in [6.45, 7) is 8.29. The summed E-state index contributed by atoms with van der Waals surface area (Å²) < 4.78 is 0.976. The van der Waals surface area contributed by atoms with Crippen molar-refractivity contribution in [3.05, 3.63) is 0 Å². The number of rotatable bonds is 1. The minimum atomic E-state index is -0.108. The summed E-state index contributed by atoms with van der Waals surface area (Å²) in [5.74, 6) is 0.913. The van der Waals surface area contributed by atoms with Crippen molar-refractivity contribution in [2.45, 2.75) is 38.0 Å². The Kier molecular flexibility index (Phi) is 3.53. The second kappa shape index (κ2) is 4.14.